The number of nitrogens with zero attached hydrogens (tertiary/aromatic N) is 2. The number of benzene rings is 1. The Morgan fingerprint density at radius 2 is 1.71 bits per heavy atom. The van der Waals surface area contributed by atoms with E-state index in [0.29, 0.717) is 26.2 Å². The van der Waals surface area contributed by atoms with E-state index in [-0.39, 0.29) is 36.1 Å². The summed E-state index contributed by atoms with van der Waals surface area (Å²) in [6.07, 6.45) is 1.52. The quantitative estimate of drug-likeness (QED) is 0.841. The van der Waals surface area contributed by atoms with E-state index in [4.69, 9.17) is 4.42 Å². The van der Waals surface area contributed by atoms with Gasteiger partial charge in [-0.2, -0.15) is 0 Å². The molecule has 28 heavy (non-hydrogen) atoms. The molecular weight excluding hydrogens is 372 g/mol. The van der Waals surface area contributed by atoms with Gasteiger partial charge in [0.05, 0.1) is 6.26 Å². The molecule has 0 bridgehead atoms. The van der Waals surface area contributed by atoms with Crippen LogP contribution in [0.4, 0.5) is 8.78 Å². The van der Waals surface area contributed by atoms with Gasteiger partial charge in [0.1, 0.15) is 0 Å². The Balaban J connectivity index is 1.44. The lowest BCUT2D eigenvalue weighted by Crippen LogP contribution is -2.51. The molecule has 0 saturated carbocycles. The smallest absolute Gasteiger partial charge is 0.286 e. The molecule has 1 aromatic heterocycles. The molecule has 148 valence electrons. The predicted molar refractivity (Wildman–Crippen MR) is 94.5 cm³/mol. The summed E-state index contributed by atoms with van der Waals surface area (Å²) >= 11 is 0. The number of rotatable bonds is 5. The molecule has 7 nitrogen and oxygen atoms in total. The number of carbonyl (C=O) groups is 3. The minimum atomic E-state index is -1.07. The van der Waals surface area contributed by atoms with Crippen molar-refractivity contribution >= 4 is 17.7 Å². The summed E-state index contributed by atoms with van der Waals surface area (Å²) in [5.41, 5.74) is 0.0688. The highest BCUT2D eigenvalue weighted by Gasteiger charge is 2.25. The van der Waals surface area contributed by atoms with Gasteiger partial charge in [0.2, 0.25) is 5.91 Å². The number of furan rings is 1. The lowest BCUT2D eigenvalue weighted by molar-refractivity contribution is -0.132. The molecule has 2 heterocycles. The second-order valence-corrected chi connectivity index (χ2v) is 6.29. The molecule has 0 aliphatic carbocycles. The fraction of sp³-hybridized carbons (Fsp3) is 0.316. The number of carbonyl (C=O) groups excluding carboxylic acids is 3. The van der Waals surface area contributed by atoms with Crippen LogP contribution in [-0.2, 0) is 4.79 Å². The van der Waals surface area contributed by atoms with Crippen LogP contribution in [0.2, 0.25) is 0 Å². The lowest BCUT2D eigenvalue weighted by Gasteiger charge is -2.35. The number of hydrogen-bond donors (Lipinski definition) is 1. The predicted octanol–water partition coefficient (Wildman–Crippen LogP) is 1.66. The minimum absolute atomic E-state index is 0.0688. The Hall–Kier alpha value is -3.23. The van der Waals surface area contributed by atoms with E-state index in [0.717, 1.165) is 12.1 Å². The standard InChI is InChI=1S/C19H19F2N3O4/c20-14-4-3-13(12-15(14)21)19(27)24-9-7-23(8-10-24)17(25)5-6-22-18(26)16-2-1-11-28-16/h1-4,11-12H,5-10H2,(H,22,26). The summed E-state index contributed by atoms with van der Waals surface area (Å²) in [4.78, 5) is 39.5. The van der Waals surface area contributed by atoms with Crippen LogP contribution >= 0.6 is 0 Å². The van der Waals surface area contributed by atoms with E-state index in [1.54, 1.807) is 11.0 Å². The minimum Gasteiger partial charge on any atom is -0.459 e. The zero-order chi connectivity index (χ0) is 20.1. The van der Waals surface area contributed by atoms with Crippen LogP contribution in [0.25, 0.3) is 0 Å². The summed E-state index contributed by atoms with van der Waals surface area (Å²) < 4.78 is 31.3. The molecule has 9 heteroatoms. The van der Waals surface area contributed by atoms with Crippen molar-refractivity contribution in [2.75, 3.05) is 32.7 Å². The van der Waals surface area contributed by atoms with Crippen molar-refractivity contribution in [1.82, 2.24) is 15.1 Å². The maximum atomic E-state index is 13.3. The first-order valence-electron chi connectivity index (χ1n) is 8.79. The molecule has 1 aromatic carbocycles. The molecule has 0 unspecified atom stereocenters. The summed E-state index contributed by atoms with van der Waals surface area (Å²) in [5.74, 6) is -2.84. The van der Waals surface area contributed by atoms with Crippen molar-refractivity contribution in [3.05, 3.63) is 59.6 Å². The van der Waals surface area contributed by atoms with Crippen molar-refractivity contribution in [1.29, 1.82) is 0 Å². The first-order valence-corrected chi connectivity index (χ1v) is 8.79. The highest BCUT2D eigenvalue weighted by atomic mass is 19.2. The van der Waals surface area contributed by atoms with Gasteiger partial charge in [-0.1, -0.05) is 0 Å². The average molecular weight is 391 g/mol. The molecular formula is C19H19F2N3O4. The molecule has 2 aromatic rings. The molecule has 0 spiro atoms. The van der Waals surface area contributed by atoms with Crippen molar-refractivity contribution in [3.63, 3.8) is 0 Å². The van der Waals surface area contributed by atoms with E-state index in [9.17, 15) is 23.2 Å². The lowest BCUT2D eigenvalue weighted by atomic mass is 10.1. The maximum Gasteiger partial charge on any atom is 0.286 e. The normalized spacial score (nSPS) is 14.1. The second-order valence-electron chi connectivity index (χ2n) is 6.29. The van der Waals surface area contributed by atoms with Gasteiger partial charge in [-0.3, -0.25) is 14.4 Å². The number of hydrogen-bond acceptors (Lipinski definition) is 4. The van der Waals surface area contributed by atoms with Crippen LogP contribution < -0.4 is 5.32 Å². The topological polar surface area (TPSA) is 82.9 Å². The van der Waals surface area contributed by atoms with Gasteiger partial charge in [0.15, 0.2) is 17.4 Å². The molecule has 0 radical (unpaired) electrons. The van der Waals surface area contributed by atoms with Gasteiger partial charge < -0.3 is 19.5 Å². The Bertz CT molecular complexity index is 862. The monoisotopic (exact) mass is 391 g/mol. The number of amides is 3. The molecule has 0 atom stereocenters. The van der Waals surface area contributed by atoms with E-state index in [1.807, 2.05) is 0 Å². The van der Waals surface area contributed by atoms with E-state index < -0.39 is 17.5 Å². The van der Waals surface area contributed by atoms with Crippen molar-refractivity contribution in [2.24, 2.45) is 0 Å². The largest absolute Gasteiger partial charge is 0.459 e. The van der Waals surface area contributed by atoms with Crippen LogP contribution in [0, 0.1) is 11.6 Å². The van der Waals surface area contributed by atoms with E-state index in [1.165, 1.54) is 23.3 Å². The molecule has 1 saturated heterocycles. The van der Waals surface area contributed by atoms with Gasteiger partial charge >= 0.3 is 0 Å². The SMILES string of the molecule is O=C(NCCC(=O)N1CCN(C(=O)c2ccc(F)c(F)c2)CC1)c1ccco1. The van der Waals surface area contributed by atoms with Gasteiger partial charge in [0, 0.05) is 44.7 Å². The van der Waals surface area contributed by atoms with Crippen LogP contribution in [0.1, 0.15) is 27.3 Å². The molecule has 1 N–H and O–H groups in total. The Morgan fingerprint density at radius 3 is 2.36 bits per heavy atom. The summed E-state index contributed by atoms with van der Waals surface area (Å²) in [5, 5.41) is 2.60. The van der Waals surface area contributed by atoms with Crippen molar-refractivity contribution in [3.8, 4) is 0 Å². The van der Waals surface area contributed by atoms with Crippen LogP contribution in [0.15, 0.2) is 41.0 Å². The average Bonchev–Trinajstić information content (AvgIpc) is 3.24. The van der Waals surface area contributed by atoms with E-state index in [2.05, 4.69) is 5.32 Å². The zero-order valence-corrected chi connectivity index (χ0v) is 15.0. The van der Waals surface area contributed by atoms with Crippen molar-refractivity contribution < 1.29 is 27.6 Å². The Labute approximate surface area is 159 Å². The molecule has 3 amide bonds. The van der Waals surface area contributed by atoms with Gasteiger partial charge in [0.25, 0.3) is 11.8 Å². The molecule has 3 rings (SSSR count). The highest BCUT2D eigenvalue weighted by Crippen LogP contribution is 2.13. The number of halogens is 2. The second kappa shape index (κ2) is 8.64. The third kappa shape index (κ3) is 4.54. The first-order chi connectivity index (χ1) is 13.5. The zero-order valence-electron chi connectivity index (χ0n) is 15.0. The van der Waals surface area contributed by atoms with Crippen LogP contribution in [0.5, 0.6) is 0 Å². The first kappa shape index (κ1) is 19.5. The van der Waals surface area contributed by atoms with Gasteiger partial charge in [-0.05, 0) is 30.3 Å². The van der Waals surface area contributed by atoms with Crippen LogP contribution in [0.3, 0.4) is 0 Å². The summed E-state index contributed by atoms with van der Waals surface area (Å²) in [6.45, 7) is 1.43. The molecule has 1 aliphatic rings. The summed E-state index contributed by atoms with van der Waals surface area (Å²) in [6, 6.07) is 6.15. The van der Waals surface area contributed by atoms with Gasteiger partial charge in [-0.25, -0.2) is 8.78 Å². The van der Waals surface area contributed by atoms with Crippen molar-refractivity contribution in [2.45, 2.75) is 6.42 Å². The fourth-order valence-electron chi connectivity index (χ4n) is 2.91. The highest BCUT2D eigenvalue weighted by molar-refractivity contribution is 5.94. The van der Waals surface area contributed by atoms with E-state index >= 15 is 0 Å². The molecule has 1 fully saturated rings. The maximum absolute atomic E-state index is 13.3. The fourth-order valence-corrected chi connectivity index (χ4v) is 2.91. The molecule has 1 aliphatic heterocycles. The number of piperazine rings is 1. The third-order valence-electron chi connectivity index (χ3n) is 4.46. The third-order valence-corrected chi connectivity index (χ3v) is 4.46. The Morgan fingerprint density at radius 1 is 1.00 bits per heavy atom. The number of nitrogens with one attached hydrogen (secondary N) is 1. The Kier molecular flexibility index (Phi) is 6.03. The summed E-state index contributed by atoms with van der Waals surface area (Å²) in [7, 11) is 0. The van der Waals surface area contributed by atoms with Crippen LogP contribution in [-0.4, -0.2) is 60.2 Å². The van der Waals surface area contributed by atoms with Gasteiger partial charge in [-0.15, -0.1) is 0 Å².